The molecule has 4 heteroatoms. The molecular formula is C15H12FNO2. The zero-order valence-electron chi connectivity index (χ0n) is 10.3. The first kappa shape index (κ1) is 11.7. The quantitative estimate of drug-likeness (QED) is 0.853. The number of fused-ring (bicyclic) bond motifs is 1. The Balaban J connectivity index is 2.04. The summed E-state index contributed by atoms with van der Waals surface area (Å²) in [6.45, 7) is 1.74. The molecule has 0 fully saturated rings. The third-order valence-electron chi connectivity index (χ3n) is 3.19. The number of para-hydroxylation sites is 1. The lowest BCUT2D eigenvalue weighted by atomic mass is 10.0. The van der Waals surface area contributed by atoms with Crippen LogP contribution in [0.2, 0.25) is 0 Å². The summed E-state index contributed by atoms with van der Waals surface area (Å²) >= 11 is 0. The highest BCUT2D eigenvalue weighted by Crippen LogP contribution is 2.32. The van der Waals surface area contributed by atoms with Gasteiger partial charge in [0.1, 0.15) is 11.6 Å². The third kappa shape index (κ3) is 1.95. The molecule has 19 heavy (non-hydrogen) atoms. The van der Waals surface area contributed by atoms with Crippen LogP contribution in [0.25, 0.3) is 0 Å². The molecule has 2 aromatic rings. The van der Waals surface area contributed by atoms with Crippen molar-refractivity contribution in [2.75, 3.05) is 0 Å². The van der Waals surface area contributed by atoms with Crippen LogP contribution in [-0.4, -0.2) is 5.91 Å². The molecule has 0 aliphatic carbocycles. The van der Waals surface area contributed by atoms with E-state index in [-0.39, 0.29) is 11.7 Å². The first-order chi connectivity index (χ1) is 9.08. The van der Waals surface area contributed by atoms with E-state index >= 15 is 0 Å². The van der Waals surface area contributed by atoms with E-state index in [9.17, 15) is 9.18 Å². The van der Waals surface area contributed by atoms with Crippen molar-refractivity contribution in [3.8, 4) is 5.75 Å². The summed E-state index contributed by atoms with van der Waals surface area (Å²) in [5.74, 6) is 0.00151. The van der Waals surface area contributed by atoms with Crippen LogP contribution in [0.3, 0.4) is 0 Å². The molecule has 1 N–H and O–H groups in total. The summed E-state index contributed by atoms with van der Waals surface area (Å²) in [4.78, 5) is 12.1. The predicted octanol–water partition coefficient (Wildman–Crippen LogP) is 2.82. The van der Waals surface area contributed by atoms with Crippen molar-refractivity contribution in [2.24, 2.45) is 0 Å². The van der Waals surface area contributed by atoms with Gasteiger partial charge in [-0.1, -0.05) is 24.3 Å². The molecule has 0 saturated carbocycles. The summed E-state index contributed by atoms with van der Waals surface area (Å²) in [7, 11) is 0. The number of carbonyl (C=O) groups is 1. The molecule has 3 nitrogen and oxygen atoms in total. The summed E-state index contributed by atoms with van der Waals surface area (Å²) in [5.41, 5.74) is 0.206. The number of carbonyl (C=O) groups excluding carboxylic acids is 1. The van der Waals surface area contributed by atoms with Gasteiger partial charge in [0.25, 0.3) is 5.91 Å². The van der Waals surface area contributed by atoms with Crippen LogP contribution in [0.5, 0.6) is 5.75 Å². The maximum absolute atomic E-state index is 13.0. The maximum Gasteiger partial charge on any atom is 0.258 e. The lowest BCUT2D eigenvalue weighted by molar-refractivity contribution is 0.0289. The zero-order valence-corrected chi connectivity index (χ0v) is 10.3. The first-order valence-electron chi connectivity index (χ1n) is 5.95. The average Bonchev–Trinajstić information content (AvgIpc) is 2.39. The van der Waals surface area contributed by atoms with Crippen LogP contribution in [0.15, 0.2) is 48.5 Å². The largest absolute Gasteiger partial charge is 0.463 e. The number of amides is 1. The molecule has 0 aromatic heterocycles. The number of nitrogens with one attached hydrogen (secondary N) is 1. The number of benzene rings is 2. The van der Waals surface area contributed by atoms with Gasteiger partial charge in [-0.25, -0.2) is 4.39 Å². The topological polar surface area (TPSA) is 38.3 Å². The molecule has 1 atom stereocenters. The molecule has 1 aliphatic rings. The average molecular weight is 257 g/mol. The van der Waals surface area contributed by atoms with Crippen molar-refractivity contribution in [1.29, 1.82) is 0 Å². The van der Waals surface area contributed by atoms with Crippen molar-refractivity contribution >= 4 is 5.91 Å². The van der Waals surface area contributed by atoms with Crippen LogP contribution < -0.4 is 10.1 Å². The van der Waals surface area contributed by atoms with Gasteiger partial charge in [0, 0.05) is 5.56 Å². The Bertz CT molecular complexity index is 639. The molecule has 0 saturated heterocycles. The van der Waals surface area contributed by atoms with Gasteiger partial charge in [0.2, 0.25) is 5.72 Å². The third-order valence-corrected chi connectivity index (χ3v) is 3.19. The summed E-state index contributed by atoms with van der Waals surface area (Å²) < 4.78 is 18.8. The van der Waals surface area contributed by atoms with Crippen molar-refractivity contribution in [2.45, 2.75) is 12.6 Å². The van der Waals surface area contributed by atoms with Crippen LogP contribution >= 0.6 is 0 Å². The van der Waals surface area contributed by atoms with Gasteiger partial charge >= 0.3 is 0 Å². The number of halogens is 1. The summed E-state index contributed by atoms with van der Waals surface area (Å²) in [6.07, 6.45) is 0. The van der Waals surface area contributed by atoms with E-state index in [0.717, 1.165) is 0 Å². The SMILES string of the molecule is C[C@]1(c2ccc(F)cc2)NC(=O)c2ccccc2O1. The van der Waals surface area contributed by atoms with E-state index in [4.69, 9.17) is 4.74 Å². The molecular weight excluding hydrogens is 245 g/mol. The second-order valence-corrected chi connectivity index (χ2v) is 4.59. The minimum Gasteiger partial charge on any atom is -0.463 e. The lowest BCUT2D eigenvalue weighted by Crippen LogP contribution is -2.51. The van der Waals surface area contributed by atoms with Crippen molar-refractivity contribution in [3.63, 3.8) is 0 Å². The van der Waals surface area contributed by atoms with E-state index in [1.54, 1.807) is 37.3 Å². The standard InChI is InChI=1S/C15H12FNO2/c1-15(10-6-8-11(16)9-7-10)17-14(18)12-4-2-3-5-13(12)19-15/h2-9H,1H3,(H,17,18)/t15-/m0/s1. The lowest BCUT2D eigenvalue weighted by Gasteiger charge is -2.36. The fraction of sp³-hybridized carbons (Fsp3) is 0.133. The molecule has 96 valence electrons. The van der Waals surface area contributed by atoms with Gasteiger partial charge in [-0.3, -0.25) is 4.79 Å². The second kappa shape index (κ2) is 4.09. The Morgan fingerprint density at radius 1 is 1.11 bits per heavy atom. The molecule has 0 radical (unpaired) electrons. The Hall–Kier alpha value is -2.36. The number of hydrogen-bond acceptors (Lipinski definition) is 2. The van der Waals surface area contributed by atoms with Gasteiger partial charge in [-0.2, -0.15) is 0 Å². The van der Waals surface area contributed by atoms with Gasteiger partial charge < -0.3 is 10.1 Å². The molecule has 1 heterocycles. The molecule has 1 aliphatic heterocycles. The summed E-state index contributed by atoms with van der Waals surface area (Å²) in [5, 5.41) is 2.80. The Kier molecular flexibility index (Phi) is 2.52. The molecule has 0 bridgehead atoms. The van der Waals surface area contributed by atoms with E-state index in [1.165, 1.54) is 12.1 Å². The number of ether oxygens (including phenoxy) is 1. The van der Waals surface area contributed by atoms with E-state index in [0.29, 0.717) is 16.9 Å². The minimum atomic E-state index is -0.987. The van der Waals surface area contributed by atoms with Gasteiger partial charge in [0.15, 0.2) is 0 Å². The van der Waals surface area contributed by atoms with Crippen LogP contribution in [-0.2, 0) is 5.72 Å². The highest BCUT2D eigenvalue weighted by Gasteiger charge is 2.36. The van der Waals surface area contributed by atoms with Crippen molar-refractivity contribution in [3.05, 3.63) is 65.5 Å². The van der Waals surface area contributed by atoms with E-state index in [2.05, 4.69) is 5.32 Å². The van der Waals surface area contributed by atoms with Crippen LogP contribution in [0.1, 0.15) is 22.8 Å². The van der Waals surface area contributed by atoms with E-state index < -0.39 is 5.72 Å². The second-order valence-electron chi connectivity index (χ2n) is 4.59. The smallest absolute Gasteiger partial charge is 0.258 e. The minimum absolute atomic E-state index is 0.200. The van der Waals surface area contributed by atoms with Crippen molar-refractivity contribution in [1.82, 2.24) is 5.32 Å². The molecule has 0 spiro atoms. The van der Waals surface area contributed by atoms with Crippen LogP contribution in [0, 0.1) is 5.82 Å². The predicted molar refractivity (Wildman–Crippen MR) is 68.3 cm³/mol. The van der Waals surface area contributed by atoms with Crippen LogP contribution in [0.4, 0.5) is 4.39 Å². The molecule has 1 amide bonds. The maximum atomic E-state index is 13.0. The van der Waals surface area contributed by atoms with E-state index in [1.807, 2.05) is 6.07 Å². The molecule has 0 unspecified atom stereocenters. The highest BCUT2D eigenvalue weighted by atomic mass is 19.1. The fourth-order valence-corrected chi connectivity index (χ4v) is 2.17. The first-order valence-corrected chi connectivity index (χ1v) is 5.95. The summed E-state index contributed by atoms with van der Waals surface area (Å²) in [6, 6.07) is 12.9. The Morgan fingerprint density at radius 2 is 1.79 bits per heavy atom. The molecule has 2 aromatic carbocycles. The zero-order chi connectivity index (χ0) is 13.5. The number of rotatable bonds is 1. The van der Waals surface area contributed by atoms with Gasteiger partial charge in [-0.05, 0) is 31.2 Å². The Morgan fingerprint density at radius 3 is 2.53 bits per heavy atom. The normalized spacial score (nSPS) is 21.3. The number of hydrogen-bond donors (Lipinski definition) is 1. The highest BCUT2D eigenvalue weighted by molar-refractivity contribution is 5.98. The monoisotopic (exact) mass is 257 g/mol. The molecule has 3 rings (SSSR count). The van der Waals surface area contributed by atoms with Gasteiger partial charge in [-0.15, -0.1) is 0 Å². The fourth-order valence-electron chi connectivity index (χ4n) is 2.17. The Labute approximate surface area is 110 Å². The van der Waals surface area contributed by atoms with Gasteiger partial charge in [0.05, 0.1) is 5.56 Å². The van der Waals surface area contributed by atoms with Crippen molar-refractivity contribution < 1.29 is 13.9 Å².